The van der Waals surface area contributed by atoms with Crippen LogP contribution in [-0.4, -0.2) is 32.4 Å². The van der Waals surface area contributed by atoms with Gasteiger partial charge in [-0.05, 0) is 44.0 Å². The van der Waals surface area contributed by atoms with Crippen molar-refractivity contribution >= 4 is 10.0 Å². The monoisotopic (exact) mass is 310 g/mol. The SMILES string of the molecule is CCN(C1CCCC1)S(=O)(=O)c1cc(CNC)ccc1C. The molecule has 5 heteroatoms. The van der Waals surface area contributed by atoms with Crippen LogP contribution in [0, 0.1) is 6.92 Å². The van der Waals surface area contributed by atoms with Crippen LogP contribution in [-0.2, 0) is 16.6 Å². The van der Waals surface area contributed by atoms with Crippen LogP contribution in [0.4, 0.5) is 0 Å². The van der Waals surface area contributed by atoms with Crippen molar-refractivity contribution in [2.24, 2.45) is 0 Å². The van der Waals surface area contributed by atoms with Gasteiger partial charge in [-0.2, -0.15) is 4.31 Å². The smallest absolute Gasteiger partial charge is 0.243 e. The van der Waals surface area contributed by atoms with E-state index in [0.29, 0.717) is 18.0 Å². The van der Waals surface area contributed by atoms with Crippen LogP contribution in [0.5, 0.6) is 0 Å². The summed E-state index contributed by atoms with van der Waals surface area (Å²) < 4.78 is 27.8. The summed E-state index contributed by atoms with van der Waals surface area (Å²) in [7, 11) is -1.53. The maximum Gasteiger partial charge on any atom is 0.243 e. The molecule has 0 saturated heterocycles. The average molecular weight is 310 g/mol. The molecule has 0 aromatic heterocycles. The van der Waals surface area contributed by atoms with E-state index >= 15 is 0 Å². The minimum absolute atomic E-state index is 0.173. The molecular formula is C16H26N2O2S. The fraction of sp³-hybridized carbons (Fsp3) is 0.625. The van der Waals surface area contributed by atoms with Crippen LogP contribution in [0.15, 0.2) is 23.1 Å². The lowest BCUT2D eigenvalue weighted by molar-refractivity contribution is 0.335. The average Bonchev–Trinajstić information content (AvgIpc) is 2.95. The molecule has 1 aliphatic carbocycles. The second kappa shape index (κ2) is 6.90. The third-order valence-corrected chi connectivity index (χ3v) is 6.43. The Hall–Kier alpha value is -0.910. The molecule has 1 aromatic carbocycles. The molecule has 4 nitrogen and oxygen atoms in total. The summed E-state index contributed by atoms with van der Waals surface area (Å²) in [6.07, 6.45) is 4.25. The predicted octanol–water partition coefficient (Wildman–Crippen LogP) is 2.67. The summed E-state index contributed by atoms with van der Waals surface area (Å²) in [4.78, 5) is 0.462. The second-order valence-corrected chi connectivity index (χ2v) is 7.64. The van der Waals surface area contributed by atoms with Crippen LogP contribution < -0.4 is 5.32 Å². The van der Waals surface area contributed by atoms with Crippen molar-refractivity contribution in [2.75, 3.05) is 13.6 Å². The number of hydrogen-bond donors (Lipinski definition) is 1. The van der Waals surface area contributed by atoms with Crippen molar-refractivity contribution in [3.05, 3.63) is 29.3 Å². The first-order chi connectivity index (χ1) is 10.0. The van der Waals surface area contributed by atoms with E-state index < -0.39 is 10.0 Å². The fourth-order valence-electron chi connectivity index (χ4n) is 3.18. The van der Waals surface area contributed by atoms with E-state index in [2.05, 4.69) is 5.32 Å². The Balaban J connectivity index is 2.39. The van der Waals surface area contributed by atoms with E-state index in [1.807, 2.05) is 39.1 Å². The van der Waals surface area contributed by atoms with E-state index in [0.717, 1.165) is 36.8 Å². The quantitative estimate of drug-likeness (QED) is 0.879. The molecule has 21 heavy (non-hydrogen) atoms. The highest BCUT2D eigenvalue weighted by molar-refractivity contribution is 7.89. The van der Waals surface area contributed by atoms with Gasteiger partial charge in [0.1, 0.15) is 0 Å². The molecule has 1 aromatic rings. The van der Waals surface area contributed by atoms with Gasteiger partial charge in [-0.15, -0.1) is 0 Å². The normalized spacial score (nSPS) is 16.8. The Morgan fingerprint density at radius 1 is 1.29 bits per heavy atom. The van der Waals surface area contributed by atoms with Crippen LogP contribution in [0.2, 0.25) is 0 Å². The lowest BCUT2D eigenvalue weighted by Gasteiger charge is -2.27. The number of rotatable bonds is 6. The molecule has 0 aliphatic heterocycles. The first kappa shape index (κ1) is 16.5. The number of hydrogen-bond acceptors (Lipinski definition) is 3. The summed E-state index contributed by atoms with van der Waals surface area (Å²) in [5, 5.41) is 3.07. The molecule has 118 valence electrons. The zero-order valence-electron chi connectivity index (χ0n) is 13.2. The van der Waals surface area contributed by atoms with Crippen molar-refractivity contribution in [3.63, 3.8) is 0 Å². The van der Waals surface area contributed by atoms with Crippen molar-refractivity contribution in [1.29, 1.82) is 0 Å². The number of nitrogens with zero attached hydrogens (tertiary/aromatic N) is 1. The molecule has 1 saturated carbocycles. The largest absolute Gasteiger partial charge is 0.316 e. The molecule has 0 atom stereocenters. The molecule has 0 heterocycles. The third kappa shape index (κ3) is 3.47. The molecule has 0 amide bonds. The first-order valence-electron chi connectivity index (χ1n) is 7.76. The number of nitrogens with one attached hydrogen (secondary N) is 1. The highest BCUT2D eigenvalue weighted by Crippen LogP contribution is 2.30. The Labute approximate surface area is 128 Å². The molecular weight excluding hydrogens is 284 g/mol. The number of aryl methyl sites for hydroxylation is 1. The minimum Gasteiger partial charge on any atom is -0.316 e. The van der Waals surface area contributed by atoms with Gasteiger partial charge in [-0.1, -0.05) is 31.9 Å². The summed E-state index contributed by atoms with van der Waals surface area (Å²) in [5.74, 6) is 0. The van der Waals surface area contributed by atoms with Crippen molar-refractivity contribution in [1.82, 2.24) is 9.62 Å². The molecule has 2 rings (SSSR count). The van der Waals surface area contributed by atoms with Gasteiger partial charge in [0.2, 0.25) is 10.0 Å². The lowest BCUT2D eigenvalue weighted by atomic mass is 10.1. The molecule has 0 unspecified atom stereocenters. The van der Waals surface area contributed by atoms with Gasteiger partial charge >= 0.3 is 0 Å². The standard InChI is InChI=1S/C16H26N2O2S/c1-4-18(15-7-5-6-8-15)21(19,20)16-11-14(12-17-3)10-9-13(16)2/h9-11,15,17H,4-8,12H2,1-3H3. The van der Waals surface area contributed by atoms with Gasteiger partial charge in [-0.3, -0.25) is 0 Å². The van der Waals surface area contributed by atoms with Gasteiger partial charge in [0.25, 0.3) is 0 Å². The molecule has 0 spiro atoms. The van der Waals surface area contributed by atoms with E-state index in [9.17, 15) is 8.42 Å². The third-order valence-electron chi connectivity index (χ3n) is 4.26. The van der Waals surface area contributed by atoms with E-state index in [4.69, 9.17) is 0 Å². The maximum atomic E-state index is 13.0. The fourth-order valence-corrected chi connectivity index (χ4v) is 5.15. The minimum atomic E-state index is -3.40. The van der Waals surface area contributed by atoms with E-state index in [1.54, 1.807) is 4.31 Å². The van der Waals surface area contributed by atoms with Crippen molar-refractivity contribution in [3.8, 4) is 0 Å². The van der Waals surface area contributed by atoms with Crippen LogP contribution in [0.1, 0.15) is 43.7 Å². The Kier molecular flexibility index (Phi) is 5.41. The summed E-state index contributed by atoms with van der Waals surface area (Å²) in [6.45, 7) is 5.03. The molecule has 1 aliphatic rings. The highest BCUT2D eigenvalue weighted by Gasteiger charge is 2.32. The van der Waals surface area contributed by atoms with Crippen molar-refractivity contribution < 1.29 is 8.42 Å². The number of sulfonamides is 1. The molecule has 0 radical (unpaired) electrons. The van der Waals surface area contributed by atoms with E-state index in [-0.39, 0.29) is 6.04 Å². The topological polar surface area (TPSA) is 49.4 Å². The van der Waals surface area contributed by atoms with Gasteiger partial charge in [0.15, 0.2) is 0 Å². The van der Waals surface area contributed by atoms with Gasteiger partial charge in [0.05, 0.1) is 4.90 Å². The second-order valence-electron chi connectivity index (χ2n) is 5.78. The molecule has 1 N–H and O–H groups in total. The van der Waals surface area contributed by atoms with Gasteiger partial charge in [0, 0.05) is 19.1 Å². The summed E-state index contributed by atoms with van der Waals surface area (Å²) in [5.41, 5.74) is 1.83. The summed E-state index contributed by atoms with van der Waals surface area (Å²) >= 11 is 0. The Bertz CT molecular complexity index is 578. The van der Waals surface area contributed by atoms with Crippen LogP contribution in [0.25, 0.3) is 0 Å². The zero-order valence-corrected chi connectivity index (χ0v) is 14.0. The van der Waals surface area contributed by atoms with Gasteiger partial charge in [-0.25, -0.2) is 8.42 Å². The van der Waals surface area contributed by atoms with Gasteiger partial charge < -0.3 is 5.32 Å². The predicted molar refractivity (Wildman–Crippen MR) is 85.8 cm³/mol. The Morgan fingerprint density at radius 3 is 2.52 bits per heavy atom. The maximum absolute atomic E-state index is 13.0. The first-order valence-corrected chi connectivity index (χ1v) is 9.20. The Morgan fingerprint density at radius 2 is 1.95 bits per heavy atom. The number of benzene rings is 1. The summed E-state index contributed by atoms with van der Waals surface area (Å²) in [6, 6.07) is 5.88. The molecule has 0 bridgehead atoms. The lowest BCUT2D eigenvalue weighted by Crippen LogP contribution is -2.38. The van der Waals surface area contributed by atoms with E-state index in [1.165, 1.54) is 0 Å². The van der Waals surface area contributed by atoms with Crippen LogP contribution >= 0.6 is 0 Å². The zero-order chi connectivity index (χ0) is 15.5. The van der Waals surface area contributed by atoms with Crippen molar-refractivity contribution in [2.45, 2.75) is 57.0 Å². The highest BCUT2D eigenvalue weighted by atomic mass is 32.2. The molecule has 1 fully saturated rings. The van der Waals surface area contributed by atoms with Crippen LogP contribution in [0.3, 0.4) is 0 Å².